The molecule has 0 aromatic heterocycles. The summed E-state index contributed by atoms with van der Waals surface area (Å²) in [5.74, 6) is -2.03. The largest absolute Gasteiger partial charge is 0.322 e. The summed E-state index contributed by atoms with van der Waals surface area (Å²) >= 11 is 2.99. The van der Waals surface area contributed by atoms with Gasteiger partial charge in [-0.2, -0.15) is 5.26 Å². The zero-order chi connectivity index (χ0) is 15.6. The van der Waals surface area contributed by atoms with Gasteiger partial charge in [0.1, 0.15) is 11.6 Å². The lowest BCUT2D eigenvalue weighted by Gasteiger charge is -2.10. The first-order chi connectivity index (χ1) is 9.93. The van der Waals surface area contributed by atoms with Gasteiger partial charge in [0.05, 0.1) is 21.7 Å². The van der Waals surface area contributed by atoms with Crippen molar-refractivity contribution < 1.29 is 13.6 Å². The molecule has 1 amide bonds. The zero-order valence-electron chi connectivity index (χ0n) is 10.9. The van der Waals surface area contributed by atoms with Gasteiger partial charge in [-0.1, -0.05) is 6.07 Å². The van der Waals surface area contributed by atoms with E-state index >= 15 is 0 Å². The average molecular weight is 351 g/mol. The predicted octanol–water partition coefficient (Wildman–Crippen LogP) is 4.16. The third-order valence-electron chi connectivity index (χ3n) is 2.92. The summed E-state index contributed by atoms with van der Waals surface area (Å²) in [4.78, 5) is 12.1. The predicted molar refractivity (Wildman–Crippen MR) is 77.9 cm³/mol. The van der Waals surface area contributed by atoms with Gasteiger partial charge in [-0.05, 0) is 47.1 Å². The lowest BCUT2D eigenvalue weighted by atomic mass is 10.1. The molecule has 0 bridgehead atoms. The second-order valence-corrected chi connectivity index (χ2v) is 5.15. The Morgan fingerprint density at radius 3 is 2.71 bits per heavy atom. The fourth-order valence-corrected chi connectivity index (χ4v) is 2.11. The van der Waals surface area contributed by atoms with E-state index in [0.717, 1.165) is 6.07 Å². The van der Waals surface area contributed by atoms with Crippen LogP contribution in [0.1, 0.15) is 21.5 Å². The third kappa shape index (κ3) is 3.09. The molecule has 0 fully saturated rings. The molecule has 0 saturated carbocycles. The number of amides is 1. The van der Waals surface area contributed by atoms with Crippen molar-refractivity contribution in [3.8, 4) is 6.07 Å². The first-order valence-corrected chi connectivity index (χ1v) is 6.69. The molecule has 3 nitrogen and oxygen atoms in total. The second kappa shape index (κ2) is 6.02. The smallest absolute Gasteiger partial charge is 0.258 e. The first-order valence-electron chi connectivity index (χ1n) is 5.89. The number of hydrogen-bond donors (Lipinski definition) is 1. The van der Waals surface area contributed by atoms with E-state index in [1.807, 2.05) is 0 Å². The molecule has 0 spiro atoms. The Balaban J connectivity index is 2.39. The first kappa shape index (κ1) is 15.1. The lowest BCUT2D eigenvalue weighted by Crippen LogP contribution is -2.15. The highest BCUT2D eigenvalue weighted by atomic mass is 79.9. The minimum absolute atomic E-state index is 0.0723. The Bertz CT molecular complexity index is 769. The second-order valence-electron chi connectivity index (χ2n) is 4.30. The molecular formula is C15H9BrF2N2O. The van der Waals surface area contributed by atoms with Crippen LogP contribution in [-0.2, 0) is 0 Å². The van der Waals surface area contributed by atoms with Crippen molar-refractivity contribution in [2.24, 2.45) is 0 Å². The molecule has 0 unspecified atom stereocenters. The molecule has 1 N–H and O–H groups in total. The molecular weight excluding hydrogens is 342 g/mol. The fraction of sp³-hybridized carbons (Fsp3) is 0.0667. The van der Waals surface area contributed by atoms with Gasteiger partial charge in [0.2, 0.25) is 0 Å². The van der Waals surface area contributed by atoms with Crippen LogP contribution in [0.3, 0.4) is 0 Å². The summed E-state index contributed by atoms with van der Waals surface area (Å²) in [5, 5.41) is 11.2. The van der Waals surface area contributed by atoms with Crippen LogP contribution in [0.2, 0.25) is 0 Å². The highest BCUT2D eigenvalue weighted by molar-refractivity contribution is 9.10. The van der Waals surface area contributed by atoms with Crippen molar-refractivity contribution in [3.05, 3.63) is 63.1 Å². The van der Waals surface area contributed by atoms with Crippen LogP contribution in [0.15, 0.2) is 34.8 Å². The summed E-state index contributed by atoms with van der Waals surface area (Å²) in [5.41, 5.74) is 0.211. The summed E-state index contributed by atoms with van der Waals surface area (Å²) in [6.45, 7) is 1.46. The van der Waals surface area contributed by atoms with E-state index in [2.05, 4.69) is 21.2 Å². The number of nitriles is 1. The van der Waals surface area contributed by atoms with E-state index in [0.29, 0.717) is 0 Å². The van der Waals surface area contributed by atoms with Gasteiger partial charge < -0.3 is 5.32 Å². The van der Waals surface area contributed by atoms with E-state index in [-0.39, 0.29) is 26.9 Å². The number of nitrogens with one attached hydrogen (secondary N) is 1. The number of rotatable bonds is 2. The van der Waals surface area contributed by atoms with Crippen molar-refractivity contribution >= 4 is 27.5 Å². The van der Waals surface area contributed by atoms with Crippen LogP contribution in [0.25, 0.3) is 0 Å². The SMILES string of the molecule is Cc1c(F)cc(C#N)cc1NC(=O)c1cccc(Br)c1F. The highest BCUT2D eigenvalue weighted by Crippen LogP contribution is 2.23. The summed E-state index contributed by atoms with van der Waals surface area (Å²) in [7, 11) is 0. The average Bonchev–Trinajstić information content (AvgIpc) is 2.46. The van der Waals surface area contributed by atoms with Crippen LogP contribution in [0.4, 0.5) is 14.5 Å². The Morgan fingerprint density at radius 2 is 2.05 bits per heavy atom. The van der Waals surface area contributed by atoms with E-state index in [1.165, 1.54) is 31.2 Å². The minimum Gasteiger partial charge on any atom is -0.322 e. The van der Waals surface area contributed by atoms with Crippen LogP contribution in [0.5, 0.6) is 0 Å². The van der Waals surface area contributed by atoms with Crippen molar-refractivity contribution in [2.75, 3.05) is 5.32 Å². The van der Waals surface area contributed by atoms with Crippen LogP contribution >= 0.6 is 15.9 Å². The zero-order valence-corrected chi connectivity index (χ0v) is 12.5. The van der Waals surface area contributed by atoms with Gasteiger partial charge in [-0.15, -0.1) is 0 Å². The molecule has 0 aliphatic heterocycles. The van der Waals surface area contributed by atoms with E-state index in [1.54, 1.807) is 6.07 Å². The Hall–Kier alpha value is -2.26. The van der Waals surface area contributed by atoms with Crippen LogP contribution in [0, 0.1) is 29.9 Å². The molecule has 6 heteroatoms. The number of carbonyl (C=O) groups excluding carboxylic acids is 1. The van der Waals surface area contributed by atoms with Crippen molar-refractivity contribution in [2.45, 2.75) is 6.92 Å². The van der Waals surface area contributed by atoms with E-state index in [4.69, 9.17) is 5.26 Å². The maximum absolute atomic E-state index is 13.8. The number of carbonyl (C=O) groups is 1. The Labute approximate surface area is 128 Å². The maximum atomic E-state index is 13.8. The number of anilines is 1. The number of benzene rings is 2. The van der Waals surface area contributed by atoms with Gasteiger partial charge in [0, 0.05) is 11.3 Å². The monoisotopic (exact) mass is 350 g/mol. The molecule has 0 aliphatic carbocycles. The number of hydrogen-bond acceptors (Lipinski definition) is 2. The van der Waals surface area contributed by atoms with E-state index in [9.17, 15) is 13.6 Å². The number of halogens is 3. The van der Waals surface area contributed by atoms with E-state index < -0.39 is 17.5 Å². The molecule has 0 radical (unpaired) electrons. The molecule has 106 valence electrons. The van der Waals surface area contributed by atoms with Crippen molar-refractivity contribution in [3.63, 3.8) is 0 Å². The standard InChI is InChI=1S/C15H9BrF2N2O/c1-8-12(17)5-9(7-19)6-13(8)20-15(21)10-3-2-4-11(16)14(10)18/h2-6H,1H3,(H,20,21). The summed E-state index contributed by atoms with van der Waals surface area (Å²) in [6.07, 6.45) is 0. The van der Waals surface area contributed by atoms with Gasteiger partial charge in [0.15, 0.2) is 0 Å². The normalized spacial score (nSPS) is 10.0. The molecule has 0 atom stereocenters. The third-order valence-corrected chi connectivity index (χ3v) is 3.53. The maximum Gasteiger partial charge on any atom is 0.258 e. The van der Waals surface area contributed by atoms with Crippen molar-refractivity contribution in [1.82, 2.24) is 0 Å². The highest BCUT2D eigenvalue weighted by Gasteiger charge is 2.16. The van der Waals surface area contributed by atoms with Gasteiger partial charge >= 0.3 is 0 Å². The molecule has 0 heterocycles. The molecule has 2 rings (SSSR count). The van der Waals surface area contributed by atoms with Gasteiger partial charge in [-0.3, -0.25) is 4.79 Å². The molecule has 0 aliphatic rings. The van der Waals surface area contributed by atoms with Crippen molar-refractivity contribution in [1.29, 1.82) is 5.26 Å². The summed E-state index contributed by atoms with van der Waals surface area (Å²) < 4.78 is 27.6. The van der Waals surface area contributed by atoms with Gasteiger partial charge in [0.25, 0.3) is 5.91 Å². The number of nitrogens with zero attached hydrogens (tertiary/aromatic N) is 1. The molecule has 2 aromatic rings. The quantitative estimate of drug-likeness (QED) is 0.883. The molecule has 21 heavy (non-hydrogen) atoms. The van der Waals surface area contributed by atoms with Crippen LogP contribution < -0.4 is 5.32 Å². The Kier molecular flexibility index (Phi) is 4.34. The Morgan fingerprint density at radius 1 is 1.33 bits per heavy atom. The minimum atomic E-state index is -0.716. The fourth-order valence-electron chi connectivity index (χ4n) is 1.74. The lowest BCUT2D eigenvalue weighted by molar-refractivity contribution is 0.102. The topological polar surface area (TPSA) is 52.9 Å². The summed E-state index contributed by atoms with van der Waals surface area (Å²) in [6, 6.07) is 8.51. The van der Waals surface area contributed by atoms with Crippen LogP contribution in [-0.4, -0.2) is 5.91 Å². The van der Waals surface area contributed by atoms with Gasteiger partial charge in [-0.25, -0.2) is 8.78 Å². The molecule has 0 saturated heterocycles. The molecule has 2 aromatic carbocycles.